The second-order valence-corrected chi connectivity index (χ2v) is 16.8. The van der Waals surface area contributed by atoms with Crippen LogP contribution < -0.4 is 9.64 Å². The van der Waals surface area contributed by atoms with Crippen LogP contribution in [0.25, 0.3) is 71.3 Å². The molecule has 0 amide bonds. The minimum Gasteiger partial charge on any atom is -0.457 e. The van der Waals surface area contributed by atoms with Crippen molar-refractivity contribution in [2.24, 2.45) is 0 Å². The number of ether oxygens (including phenoxy) is 1. The van der Waals surface area contributed by atoms with Crippen LogP contribution in [0.1, 0.15) is 22.3 Å². The topological polar surface area (TPSA) is 30.5 Å². The molecule has 4 heteroatoms. The molecule has 3 heterocycles. The molecule has 0 saturated heterocycles. The summed E-state index contributed by atoms with van der Waals surface area (Å²) in [7, 11) is 0. The molecule has 0 saturated carbocycles. The van der Waals surface area contributed by atoms with Crippen molar-refractivity contribution in [3.63, 3.8) is 0 Å². The average molecular weight is 805 g/mol. The van der Waals surface area contributed by atoms with E-state index >= 15 is 0 Å². The second-order valence-electron chi connectivity index (χ2n) is 16.8. The Morgan fingerprint density at radius 1 is 0.381 bits per heavy atom. The molecule has 63 heavy (non-hydrogen) atoms. The van der Waals surface area contributed by atoms with E-state index in [9.17, 15) is 0 Å². The lowest BCUT2D eigenvalue weighted by Crippen LogP contribution is -2.36. The molecule has 0 bridgehead atoms. The Labute approximate surface area is 363 Å². The zero-order valence-electron chi connectivity index (χ0n) is 34.0. The standard InChI is InChI=1S/C59H36N2O2/c1-2-16-38(17-3-1)60(39-29-32-53-47(34-39)43-19-5-9-25-52(43)61(53)41-28-31-45-44-20-6-10-26-54(44)62-57(45)36-41)40-30-33-56-51(35-40)59(49-23-8-11-27-55(49)63-56)48-22-7-4-18-42(48)46-21-12-14-37-15-13-24-50(59)58(37)46/h1-36H. The van der Waals surface area contributed by atoms with Gasteiger partial charge in [-0.2, -0.15) is 0 Å². The van der Waals surface area contributed by atoms with Crippen LogP contribution >= 0.6 is 0 Å². The van der Waals surface area contributed by atoms with Gasteiger partial charge in [-0.05, 0) is 112 Å². The Balaban J connectivity index is 1.01. The highest BCUT2D eigenvalue weighted by Crippen LogP contribution is 2.61. The number of hydrogen-bond donors (Lipinski definition) is 0. The van der Waals surface area contributed by atoms with Crippen LogP contribution in [0, 0.1) is 0 Å². The molecule has 1 aliphatic heterocycles. The quantitative estimate of drug-likeness (QED) is 0.178. The van der Waals surface area contributed by atoms with E-state index < -0.39 is 5.41 Å². The largest absolute Gasteiger partial charge is 0.457 e. The second kappa shape index (κ2) is 12.8. The molecule has 12 aromatic rings. The van der Waals surface area contributed by atoms with Gasteiger partial charge in [0, 0.05) is 61.5 Å². The van der Waals surface area contributed by atoms with Crippen LogP contribution in [0.5, 0.6) is 11.5 Å². The molecule has 4 nitrogen and oxygen atoms in total. The summed E-state index contributed by atoms with van der Waals surface area (Å²) in [6.45, 7) is 0. The molecule has 14 rings (SSSR count). The highest BCUT2D eigenvalue weighted by molar-refractivity contribution is 6.12. The van der Waals surface area contributed by atoms with Crippen LogP contribution in [0.3, 0.4) is 0 Å². The van der Waals surface area contributed by atoms with Gasteiger partial charge in [-0.1, -0.05) is 133 Å². The van der Waals surface area contributed by atoms with Crippen LogP contribution in [-0.2, 0) is 5.41 Å². The number of para-hydroxylation sites is 4. The zero-order valence-corrected chi connectivity index (χ0v) is 34.0. The predicted molar refractivity (Wildman–Crippen MR) is 258 cm³/mol. The molecule has 10 aromatic carbocycles. The number of furan rings is 1. The van der Waals surface area contributed by atoms with Crippen molar-refractivity contribution in [2.75, 3.05) is 4.90 Å². The predicted octanol–water partition coefficient (Wildman–Crippen LogP) is 15.8. The summed E-state index contributed by atoms with van der Waals surface area (Å²) < 4.78 is 15.7. The summed E-state index contributed by atoms with van der Waals surface area (Å²) in [4.78, 5) is 2.39. The van der Waals surface area contributed by atoms with Gasteiger partial charge in [0.15, 0.2) is 0 Å². The van der Waals surface area contributed by atoms with Gasteiger partial charge in [-0.3, -0.25) is 0 Å². The third kappa shape index (κ3) is 4.69. The van der Waals surface area contributed by atoms with Crippen molar-refractivity contribution < 1.29 is 9.15 Å². The first-order valence-electron chi connectivity index (χ1n) is 21.6. The smallest absolute Gasteiger partial charge is 0.137 e. The fraction of sp³-hybridized carbons (Fsp3) is 0.0169. The molecule has 294 valence electrons. The first-order valence-corrected chi connectivity index (χ1v) is 21.6. The van der Waals surface area contributed by atoms with E-state index in [2.05, 4.69) is 216 Å². The van der Waals surface area contributed by atoms with Crippen molar-refractivity contribution in [3.8, 4) is 28.3 Å². The molecular weight excluding hydrogens is 769 g/mol. The molecule has 1 atom stereocenters. The summed E-state index contributed by atoms with van der Waals surface area (Å²) in [5.74, 6) is 1.74. The Kier molecular flexibility index (Phi) is 7.01. The van der Waals surface area contributed by atoms with Gasteiger partial charge in [0.05, 0.1) is 16.4 Å². The lowest BCUT2D eigenvalue weighted by Gasteiger charge is -2.45. The third-order valence-corrected chi connectivity index (χ3v) is 13.6. The van der Waals surface area contributed by atoms with E-state index in [4.69, 9.17) is 9.15 Å². The van der Waals surface area contributed by atoms with E-state index in [0.717, 1.165) is 78.3 Å². The SMILES string of the molecule is c1ccc(N(c2ccc3c(c2)C2(c4ccccc4O3)c3ccccc3-c3cccc4cccc2c34)c2ccc3c(c2)c2ccccc2n3-c2ccc3c(c2)oc2ccccc23)cc1. The molecule has 2 aliphatic rings. The minimum absolute atomic E-state index is 0.647. The van der Waals surface area contributed by atoms with Gasteiger partial charge < -0.3 is 18.6 Å². The molecule has 0 N–H and O–H groups in total. The first kappa shape index (κ1) is 34.4. The Morgan fingerprint density at radius 3 is 1.97 bits per heavy atom. The Morgan fingerprint density at radius 2 is 1.05 bits per heavy atom. The Hall–Kier alpha value is -8.34. The summed E-state index contributed by atoms with van der Waals surface area (Å²) in [6.07, 6.45) is 0. The van der Waals surface area contributed by atoms with Crippen LogP contribution in [0.15, 0.2) is 223 Å². The normalized spacial score (nSPS) is 14.9. The minimum atomic E-state index is -0.647. The van der Waals surface area contributed by atoms with Crippen LogP contribution in [-0.4, -0.2) is 4.57 Å². The lowest BCUT2D eigenvalue weighted by atomic mass is 9.58. The van der Waals surface area contributed by atoms with Gasteiger partial charge in [0.2, 0.25) is 0 Å². The molecule has 0 fully saturated rings. The number of anilines is 3. The number of aromatic nitrogens is 1. The van der Waals surface area contributed by atoms with E-state index in [1.807, 2.05) is 12.1 Å². The maximum Gasteiger partial charge on any atom is 0.137 e. The number of fused-ring (bicyclic) bond motifs is 14. The lowest BCUT2D eigenvalue weighted by molar-refractivity contribution is 0.435. The monoisotopic (exact) mass is 804 g/mol. The highest BCUT2D eigenvalue weighted by atomic mass is 16.5. The average Bonchev–Trinajstić information content (AvgIpc) is 3.88. The first-order chi connectivity index (χ1) is 31.2. The number of nitrogens with zero attached hydrogens (tertiary/aromatic N) is 2. The van der Waals surface area contributed by atoms with Crippen molar-refractivity contribution >= 4 is 71.6 Å². The van der Waals surface area contributed by atoms with Crippen molar-refractivity contribution in [3.05, 3.63) is 241 Å². The Bertz CT molecular complexity index is 3850. The summed E-state index contributed by atoms with van der Waals surface area (Å²) in [5.41, 5.74) is 14.9. The highest BCUT2D eigenvalue weighted by Gasteiger charge is 2.49. The van der Waals surface area contributed by atoms with E-state index in [-0.39, 0.29) is 0 Å². The number of rotatable bonds is 4. The van der Waals surface area contributed by atoms with Crippen molar-refractivity contribution in [2.45, 2.75) is 5.41 Å². The van der Waals surface area contributed by atoms with Gasteiger partial charge >= 0.3 is 0 Å². The van der Waals surface area contributed by atoms with Gasteiger partial charge in [-0.25, -0.2) is 0 Å². The molecular formula is C59H36N2O2. The van der Waals surface area contributed by atoms with Gasteiger partial charge in [0.25, 0.3) is 0 Å². The number of benzene rings is 10. The van der Waals surface area contributed by atoms with Crippen molar-refractivity contribution in [1.29, 1.82) is 0 Å². The molecule has 2 aromatic heterocycles. The van der Waals surface area contributed by atoms with Gasteiger partial charge in [0.1, 0.15) is 22.7 Å². The van der Waals surface area contributed by atoms with E-state index in [1.165, 1.54) is 43.8 Å². The maximum atomic E-state index is 6.92. The fourth-order valence-electron chi connectivity index (χ4n) is 11.1. The molecule has 1 unspecified atom stereocenters. The molecule has 0 radical (unpaired) electrons. The van der Waals surface area contributed by atoms with E-state index in [1.54, 1.807) is 0 Å². The zero-order chi connectivity index (χ0) is 41.2. The summed E-state index contributed by atoms with van der Waals surface area (Å²) in [5, 5.41) is 7.13. The maximum absolute atomic E-state index is 6.92. The summed E-state index contributed by atoms with van der Waals surface area (Å²) in [6, 6.07) is 79.1. The van der Waals surface area contributed by atoms with Crippen LogP contribution in [0.4, 0.5) is 17.1 Å². The van der Waals surface area contributed by atoms with Gasteiger partial charge in [-0.15, -0.1) is 0 Å². The van der Waals surface area contributed by atoms with Crippen molar-refractivity contribution in [1.82, 2.24) is 4.57 Å². The molecule has 1 aliphatic carbocycles. The van der Waals surface area contributed by atoms with E-state index in [0.29, 0.717) is 0 Å². The molecule has 1 spiro atoms. The fourth-order valence-corrected chi connectivity index (χ4v) is 11.1. The third-order valence-electron chi connectivity index (χ3n) is 13.6. The number of hydrogen-bond acceptors (Lipinski definition) is 3. The van der Waals surface area contributed by atoms with Crippen LogP contribution in [0.2, 0.25) is 0 Å². The summed E-state index contributed by atoms with van der Waals surface area (Å²) >= 11 is 0.